The largest absolute Gasteiger partial charge is 0.352 e. The number of rotatable bonds is 7. The molecule has 4 N–H and O–H groups in total. The number of carbonyl (C=O) groups excluding carboxylic acids is 2. The van der Waals surface area contributed by atoms with Crippen LogP contribution >= 0.6 is 0 Å². The third-order valence-electron chi connectivity index (χ3n) is 2.05. The molecule has 0 aliphatic heterocycles. The molecule has 5 heteroatoms. The van der Waals surface area contributed by atoms with Gasteiger partial charge in [-0.1, -0.05) is 6.92 Å². The molecule has 0 unspecified atom stereocenters. The minimum absolute atomic E-state index is 0.102. The SMILES string of the molecule is CCC(=O)[C@H](CCCNC(N)=O)NC. The van der Waals surface area contributed by atoms with Crippen LogP contribution < -0.4 is 16.4 Å². The highest BCUT2D eigenvalue weighted by atomic mass is 16.2. The first kappa shape index (κ1) is 12.9. The molecule has 0 aliphatic carbocycles. The summed E-state index contributed by atoms with van der Waals surface area (Å²) in [5.41, 5.74) is 4.90. The molecular formula is C9H19N3O2. The zero-order valence-corrected chi connectivity index (χ0v) is 8.80. The maximum absolute atomic E-state index is 11.3. The lowest BCUT2D eigenvalue weighted by Crippen LogP contribution is -2.35. The molecule has 0 heterocycles. The van der Waals surface area contributed by atoms with Crippen molar-refractivity contribution in [1.29, 1.82) is 0 Å². The van der Waals surface area contributed by atoms with Crippen molar-refractivity contribution in [3.8, 4) is 0 Å². The summed E-state index contributed by atoms with van der Waals surface area (Å²) in [6.45, 7) is 2.36. The van der Waals surface area contributed by atoms with Crippen LogP contribution in [0.2, 0.25) is 0 Å². The van der Waals surface area contributed by atoms with E-state index >= 15 is 0 Å². The fourth-order valence-electron chi connectivity index (χ4n) is 1.23. The van der Waals surface area contributed by atoms with E-state index in [2.05, 4.69) is 10.6 Å². The van der Waals surface area contributed by atoms with Crippen LogP contribution in [0.1, 0.15) is 26.2 Å². The van der Waals surface area contributed by atoms with E-state index < -0.39 is 6.03 Å². The van der Waals surface area contributed by atoms with Gasteiger partial charge in [-0.15, -0.1) is 0 Å². The molecule has 0 aromatic carbocycles. The number of ketones is 1. The summed E-state index contributed by atoms with van der Waals surface area (Å²) in [5.74, 6) is 0.201. The monoisotopic (exact) mass is 201 g/mol. The number of urea groups is 1. The average molecular weight is 201 g/mol. The normalized spacial score (nSPS) is 12.1. The zero-order chi connectivity index (χ0) is 11.0. The highest BCUT2D eigenvalue weighted by Gasteiger charge is 2.13. The Bertz CT molecular complexity index is 194. The number of primary amides is 1. The van der Waals surface area contributed by atoms with Crippen LogP contribution in [-0.4, -0.2) is 31.4 Å². The highest BCUT2D eigenvalue weighted by Crippen LogP contribution is 1.99. The van der Waals surface area contributed by atoms with Crippen LogP contribution in [0.25, 0.3) is 0 Å². The van der Waals surface area contributed by atoms with Crippen LogP contribution in [0.4, 0.5) is 4.79 Å². The molecule has 0 aliphatic rings. The van der Waals surface area contributed by atoms with Gasteiger partial charge in [-0.3, -0.25) is 4.79 Å². The van der Waals surface area contributed by atoms with Gasteiger partial charge in [0.25, 0.3) is 0 Å². The molecule has 0 rings (SSSR count). The molecule has 14 heavy (non-hydrogen) atoms. The number of nitrogens with one attached hydrogen (secondary N) is 2. The Balaban J connectivity index is 3.63. The molecule has 0 aromatic rings. The summed E-state index contributed by atoms with van der Waals surface area (Å²) in [7, 11) is 1.76. The van der Waals surface area contributed by atoms with Crippen molar-refractivity contribution in [2.45, 2.75) is 32.2 Å². The molecule has 0 bridgehead atoms. The topological polar surface area (TPSA) is 84.2 Å². The summed E-state index contributed by atoms with van der Waals surface area (Å²) < 4.78 is 0. The van der Waals surface area contributed by atoms with E-state index in [1.54, 1.807) is 7.05 Å². The first-order valence-electron chi connectivity index (χ1n) is 4.85. The predicted octanol–water partition coefficient (Wildman–Crippen LogP) is 0.00200. The van der Waals surface area contributed by atoms with Crippen molar-refractivity contribution in [2.24, 2.45) is 5.73 Å². The minimum Gasteiger partial charge on any atom is -0.352 e. The third-order valence-corrected chi connectivity index (χ3v) is 2.05. The summed E-state index contributed by atoms with van der Waals surface area (Å²) in [5, 5.41) is 5.43. The molecule has 0 aromatic heterocycles. The Morgan fingerprint density at radius 2 is 2.07 bits per heavy atom. The number of Topliss-reactive ketones (excluding diaryl/α,β-unsaturated/α-hetero) is 1. The molecule has 0 saturated heterocycles. The highest BCUT2D eigenvalue weighted by molar-refractivity contribution is 5.83. The van der Waals surface area contributed by atoms with Gasteiger partial charge in [0.1, 0.15) is 5.78 Å². The van der Waals surface area contributed by atoms with Crippen LogP contribution in [0.15, 0.2) is 0 Å². The quantitative estimate of drug-likeness (QED) is 0.507. The molecule has 82 valence electrons. The minimum atomic E-state index is -0.521. The van der Waals surface area contributed by atoms with Crippen molar-refractivity contribution in [3.05, 3.63) is 0 Å². The lowest BCUT2D eigenvalue weighted by molar-refractivity contribution is -0.120. The molecular weight excluding hydrogens is 182 g/mol. The Morgan fingerprint density at radius 3 is 2.50 bits per heavy atom. The Hall–Kier alpha value is -1.10. The molecule has 0 spiro atoms. The van der Waals surface area contributed by atoms with Gasteiger partial charge in [0.05, 0.1) is 6.04 Å². The number of likely N-dealkylation sites (N-methyl/N-ethyl adjacent to an activating group) is 1. The van der Waals surface area contributed by atoms with Crippen molar-refractivity contribution < 1.29 is 9.59 Å². The zero-order valence-electron chi connectivity index (χ0n) is 8.80. The molecule has 0 fully saturated rings. The number of carbonyl (C=O) groups is 2. The van der Waals surface area contributed by atoms with E-state index in [0.717, 1.165) is 12.8 Å². The van der Waals surface area contributed by atoms with E-state index in [9.17, 15) is 9.59 Å². The van der Waals surface area contributed by atoms with E-state index in [4.69, 9.17) is 5.73 Å². The van der Waals surface area contributed by atoms with Gasteiger partial charge < -0.3 is 16.4 Å². The van der Waals surface area contributed by atoms with E-state index in [-0.39, 0.29) is 11.8 Å². The second-order valence-corrected chi connectivity index (χ2v) is 3.09. The second kappa shape index (κ2) is 7.32. The maximum Gasteiger partial charge on any atom is 0.312 e. The maximum atomic E-state index is 11.3. The van der Waals surface area contributed by atoms with Crippen molar-refractivity contribution >= 4 is 11.8 Å². The summed E-state index contributed by atoms with van der Waals surface area (Å²) in [6.07, 6.45) is 2.01. The van der Waals surface area contributed by atoms with Gasteiger partial charge in [0.2, 0.25) is 0 Å². The van der Waals surface area contributed by atoms with Gasteiger partial charge in [0.15, 0.2) is 0 Å². The van der Waals surface area contributed by atoms with E-state index in [1.807, 2.05) is 6.92 Å². The first-order chi connectivity index (χ1) is 6.61. The Morgan fingerprint density at radius 1 is 1.43 bits per heavy atom. The third kappa shape index (κ3) is 5.53. The number of amides is 2. The van der Waals surface area contributed by atoms with Crippen molar-refractivity contribution in [3.63, 3.8) is 0 Å². The van der Waals surface area contributed by atoms with Crippen LogP contribution in [0.5, 0.6) is 0 Å². The van der Waals surface area contributed by atoms with Gasteiger partial charge in [-0.25, -0.2) is 4.79 Å². The molecule has 5 nitrogen and oxygen atoms in total. The number of nitrogens with two attached hydrogens (primary N) is 1. The number of hydrogen-bond donors (Lipinski definition) is 3. The van der Waals surface area contributed by atoms with Gasteiger partial charge in [-0.2, -0.15) is 0 Å². The first-order valence-corrected chi connectivity index (χ1v) is 4.85. The lowest BCUT2D eigenvalue weighted by Gasteiger charge is -2.13. The molecule has 2 amide bonds. The summed E-state index contributed by atoms with van der Waals surface area (Å²) in [4.78, 5) is 21.6. The van der Waals surface area contributed by atoms with Gasteiger partial charge >= 0.3 is 6.03 Å². The van der Waals surface area contributed by atoms with Crippen LogP contribution in [0.3, 0.4) is 0 Å². The molecule has 0 radical (unpaired) electrons. The van der Waals surface area contributed by atoms with Crippen molar-refractivity contribution in [1.82, 2.24) is 10.6 Å². The second-order valence-electron chi connectivity index (χ2n) is 3.09. The predicted molar refractivity (Wildman–Crippen MR) is 55.0 cm³/mol. The Labute approximate surface area is 84.4 Å². The number of hydrogen-bond acceptors (Lipinski definition) is 3. The Kier molecular flexibility index (Phi) is 6.74. The standard InChI is InChI=1S/C9H19N3O2/c1-3-8(13)7(11-2)5-4-6-12-9(10)14/h7,11H,3-6H2,1-2H3,(H3,10,12,14)/t7-/m0/s1. The van der Waals surface area contributed by atoms with E-state index in [1.165, 1.54) is 0 Å². The smallest absolute Gasteiger partial charge is 0.312 e. The lowest BCUT2D eigenvalue weighted by atomic mass is 10.1. The fourth-order valence-corrected chi connectivity index (χ4v) is 1.23. The van der Waals surface area contributed by atoms with Crippen molar-refractivity contribution in [2.75, 3.05) is 13.6 Å². The van der Waals surface area contributed by atoms with Crippen LogP contribution in [-0.2, 0) is 4.79 Å². The van der Waals surface area contributed by atoms with E-state index in [0.29, 0.717) is 13.0 Å². The molecule has 0 saturated carbocycles. The molecule has 1 atom stereocenters. The van der Waals surface area contributed by atoms with Gasteiger partial charge in [-0.05, 0) is 19.9 Å². The summed E-state index contributed by atoms with van der Waals surface area (Å²) >= 11 is 0. The van der Waals surface area contributed by atoms with Gasteiger partial charge in [0, 0.05) is 13.0 Å². The average Bonchev–Trinajstić information content (AvgIpc) is 2.16. The summed E-state index contributed by atoms with van der Waals surface area (Å²) in [6, 6.07) is -0.623. The fraction of sp³-hybridized carbons (Fsp3) is 0.778. The van der Waals surface area contributed by atoms with Crippen LogP contribution in [0, 0.1) is 0 Å².